The van der Waals surface area contributed by atoms with Crippen LogP contribution < -0.4 is 15.0 Å². The van der Waals surface area contributed by atoms with Gasteiger partial charge in [-0.15, -0.1) is 0 Å². The van der Waals surface area contributed by atoms with Gasteiger partial charge in [0.05, 0.1) is 13.1 Å². The van der Waals surface area contributed by atoms with Crippen LogP contribution in [0.4, 0.5) is 5.69 Å². The highest BCUT2D eigenvalue weighted by Crippen LogP contribution is 2.31. The molecule has 140 valence electrons. The number of allylic oxidation sites excluding steroid dienone is 1. The van der Waals surface area contributed by atoms with Crippen LogP contribution in [-0.2, 0) is 13.1 Å². The Morgan fingerprint density at radius 3 is 2.56 bits per heavy atom. The van der Waals surface area contributed by atoms with E-state index in [-0.39, 0.29) is 5.56 Å². The third kappa shape index (κ3) is 2.81. The van der Waals surface area contributed by atoms with E-state index >= 15 is 0 Å². The Balaban J connectivity index is 1.90. The molecule has 0 atom stereocenters. The molecule has 0 aliphatic carbocycles. The lowest BCUT2D eigenvalue weighted by molar-refractivity contribution is -0.672. The van der Waals surface area contributed by atoms with Crippen molar-refractivity contribution in [1.29, 1.82) is 0 Å². The van der Waals surface area contributed by atoms with Crippen LogP contribution in [0.3, 0.4) is 0 Å². The minimum Gasteiger partial charge on any atom is -0.378 e. The number of nitrogens with zero attached hydrogens (tertiary/aromatic N) is 3. The quantitative estimate of drug-likeness (QED) is 0.643. The number of anilines is 1. The van der Waals surface area contributed by atoms with E-state index in [2.05, 4.69) is 60.6 Å². The van der Waals surface area contributed by atoms with Gasteiger partial charge in [-0.25, -0.2) is 9.36 Å². The van der Waals surface area contributed by atoms with Crippen LogP contribution in [0.5, 0.6) is 0 Å². The SMILES string of the molecule is CC[n+]1c2n(c(=O)c3c(C)c(C)sc31)CC/C2=C\c1ccc(N(C)C)cc1. The molecular formula is C22H26N3OS+. The van der Waals surface area contributed by atoms with Crippen molar-refractivity contribution in [2.24, 2.45) is 0 Å². The number of benzene rings is 1. The number of rotatable bonds is 3. The average Bonchev–Trinajstić information content (AvgIpc) is 3.19. The largest absolute Gasteiger partial charge is 0.378 e. The van der Waals surface area contributed by atoms with Gasteiger partial charge >= 0.3 is 5.56 Å². The van der Waals surface area contributed by atoms with Crippen molar-refractivity contribution in [1.82, 2.24) is 4.57 Å². The van der Waals surface area contributed by atoms with Crippen molar-refractivity contribution >= 4 is 38.9 Å². The first kappa shape index (κ1) is 18.0. The maximum atomic E-state index is 13.2. The number of fused-ring (bicyclic) bond motifs is 2. The molecule has 2 aromatic heterocycles. The van der Waals surface area contributed by atoms with Gasteiger partial charge in [0.15, 0.2) is 4.83 Å². The lowest BCUT2D eigenvalue weighted by atomic mass is 10.1. The summed E-state index contributed by atoms with van der Waals surface area (Å²) in [6.07, 6.45) is 3.14. The van der Waals surface area contributed by atoms with Crippen LogP contribution in [0.2, 0.25) is 0 Å². The molecule has 1 aromatic carbocycles. The number of hydrogen-bond donors (Lipinski definition) is 0. The number of thiophene rings is 1. The second kappa shape index (κ2) is 6.64. The topological polar surface area (TPSA) is 29.1 Å². The highest BCUT2D eigenvalue weighted by molar-refractivity contribution is 7.18. The summed E-state index contributed by atoms with van der Waals surface area (Å²) in [7, 11) is 4.10. The van der Waals surface area contributed by atoms with Crippen LogP contribution in [0.15, 0.2) is 29.1 Å². The third-order valence-electron chi connectivity index (χ3n) is 5.54. The van der Waals surface area contributed by atoms with Gasteiger partial charge < -0.3 is 4.90 Å². The Morgan fingerprint density at radius 2 is 1.93 bits per heavy atom. The van der Waals surface area contributed by atoms with E-state index in [9.17, 15) is 4.79 Å². The maximum Gasteiger partial charge on any atom is 0.346 e. The van der Waals surface area contributed by atoms with E-state index in [1.165, 1.54) is 21.7 Å². The Morgan fingerprint density at radius 1 is 1.22 bits per heavy atom. The number of hydrogen-bond acceptors (Lipinski definition) is 3. The highest BCUT2D eigenvalue weighted by atomic mass is 32.1. The zero-order valence-corrected chi connectivity index (χ0v) is 17.5. The molecule has 1 aliphatic heterocycles. The molecule has 3 aromatic rings. The van der Waals surface area contributed by atoms with E-state index in [4.69, 9.17) is 0 Å². The van der Waals surface area contributed by atoms with Gasteiger partial charge in [0, 0.05) is 36.7 Å². The van der Waals surface area contributed by atoms with Gasteiger partial charge in [-0.05, 0) is 50.1 Å². The Labute approximate surface area is 164 Å². The third-order valence-corrected chi connectivity index (χ3v) is 6.77. The van der Waals surface area contributed by atoms with E-state index in [0.717, 1.165) is 41.1 Å². The summed E-state index contributed by atoms with van der Waals surface area (Å²) in [6.45, 7) is 7.97. The predicted octanol–water partition coefficient (Wildman–Crippen LogP) is 4.00. The zero-order chi connectivity index (χ0) is 19.3. The Bertz CT molecular complexity index is 1120. The molecule has 4 nitrogen and oxygen atoms in total. The summed E-state index contributed by atoms with van der Waals surface area (Å²) in [4.78, 5) is 17.6. The minimum absolute atomic E-state index is 0.165. The van der Waals surface area contributed by atoms with Gasteiger partial charge in [-0.2, -0.15) is 4.57 Å². The van der Waals surface area contributed by atoms with E-state index in [1.54, 1.807) is 11.3 Å². The average molecular weight is 381 g/mol. The summed E-state index contributed by atoms with van der Waals surface area (Å²) >= 11 is 1.74. The van der Waals surface area contributed by atoms with Gasteiger partial charge in [0.25, 0.3) is 5.82 Å². The van der Waals surface area contributed by atoms with Crippen molar-refractivity contribution in [2.75, 3.05) is 19.0 Å². The lowest BCUT2D eigenvalue weighted by Crippen LogP contribution is -2.43. The molecule has 0 fully saturated rings. The number of aryl methyl sites for hydroxylation is 3. The molecular weight excluding hydrogens is 354 g/mol. The second-order valence-electron chi connectivity index (χ2n) is 7.39. The second-order valence-corrected chi connectivity index (χ2v) is 8.60. The molecule has 27 heavy (non-hydrogen) atoms. The van der Waals surface area contributed by atoms with Crippen LogP contribution >= 0.6 is 11.3 Å². The zero-order valence-electron chi connectivity index (χ0n) is 16.7. The van der Waals surface area contributed by atoms with Crippen LogP contribution in [-0.4, -0.2) is 18.7 Å². The minimum atomic E-state index is 0.165. The molecule has 1 aliphatic rings. The molecule has 0 spiro atoms. The fraction of sp³-hybridized carbons (Fsp3) is 0.364. The smallest absolute Gasteiger partial charge is 0.346 e. The van der Waals surface area contributed by atoms with Gasteiger partial charge in [-0.1, -0.05) is 23.5 Å². The van der Waals surface area contributed by atoms with Gasteiger partial charge in [0.2, 0.25) is 0 Å². The van der Waals surface area contributed by atoms with Crippen LogP contribution in [0.25, 0.3) is 21.9 Å². The molecule has 3 heterocycles. The summed E-state index contributed by atoms with van der Waals surface area (Å²) in [5, 5.41) is 0.902. The molecule has 0 unspecified atom stereocenters. The van der Waals surface area contributed by atoms with Crippen molar-refractivity contribution in [3.8, 4) is 0 Å². The molecule has 4 rings (SSSR count). The van der Waals surface area contributed by atoms with E-state index in [0.29, 0.717) is 0 Å². The normalized spacial score (nSPS) is 14.9. The molecule has 0 saturated carbocycles. The van der Waals surface area contributed by atoms with E-state index < -0.39 is 0 Å². The predicted molar refractivity (Wildman–Crippen MR) is 115 cm³/mol. The first-order valence-electron chi connectivity index (χ1n) is 9.47. The molecule has 0 saturated heterocycles. The summed E-state index contributed by atoms with van der Waals surface area (Å²) in [6, 6.07) is 8.57. The standard InChI is InChI=1S/C22H26N3OS/c1-6-24-20-17(13-16-7-9-18(10-8-16)23(4)5)11-12-25(20)21(26)19-14(2)15(3)27-22(19)24/h7-10,13H,6,11-12H2,1-5H3/q+1. The van der Waals surface area contributed by atoms with Crippen molar-refractivity contribution < 1.29 is 4.57 Å². The van der Waals surface area contributed by atoms with Gasteiger partial charge in [0.1, 0.15) is 5.39 Å². The molecule has 5 heteroatoms. The fourth-order valence-corrected chi connectivity index (χ4v) is 5.14. The molecule has 0 radical (unpaired) electrons. The Kier molecular flexibility index (Phi) is 4.42. The first-order valence-corrected chi connectivity index (χ1v) is 10.3. The van der Waals surface area contributed by atoms with Crippen LogP contribution in [0.1, 0.15) is 35.2 Å². The first-order chi connectivity index (χ1) is 12.9. The van der Waals surface area contributed by atoms with E-state index in [1.807, 2.05) is 18.7 Å². The highest BCUT2D eigenvalue weighted by Gasteiger charge is 2.33. The van der Waals surface area contributed by atoms with Crippen molar-refractivity contribution in [3.05, 3.63) is 56.4 Å². The Hall–Kier alpha value is -2.40. The molecule has 0 N–H and O–H groups in total. The maximum absolute atomic E-state index is 13.2. The molecule has 0 amide bonds. The number of aromatic nitrogens is 2. The van der Waals surface area contributed by atoms with Gasteiger partial charge in [-0.3, -0.25) is 0 Å². The molecule has 0 bridgehead atoms. The summed E-state index contributed by atoms with van der Waals surface area (Å²) < 4.78 is 4.30. The van der Waals surface area contributed by atoms with Crippen LogP contribution in [0, 0.1) is 13.8 Å². The van der Waals surface area contributed by atoms with Crippen molar-refractivity contribution in [2.45, 2.75) is 40.3 Å². The summed E-state index contributed by atoms with van der Waals surface area (Å²) in [5.74, 6) is 1.08. The lowest BCUT2D eigenvalue weighted by Gasteiger charge is -2.12. The summed E-state index contributed by atoms with van der Waals surface area (Å²) in [5.41, 5.74) is 4.91. The fourth-order valence-electron chi connectivity index (χ4n) is 3.92. The van der Waals surface area contributed by atoms with Crippen molar-refractivity contribution in [3.63, 3.8) is 0 Å². The monoisotopic (exact) mass is 380 g/mol.